The largest absolute Gasteiger partial charge is 0.439 e. The molecule has 0 aliphatic carbocycles. The fourth-order valence-electron chi connectivity index (χ4n) is 1.75. The molecule has 0 unspecified atom stereocenters. The number of pyridine rings is 1. The molecular formula is C15H16ClNO2. The van der Waals surface area contributed by atoms with Crippen molar-refractivity contribution in [1.82, 2.24) is 4.98 Å². The first-order valence-corrected chi connectivity index (χ1v) is 6.58. The Morgan fingerprint density at radius 1 is 1.32 bits per heavy atom. The molecule has 19 heavy (non-hydrogen) atoms. The number of rotatable bonds is 4. The fourth-order valence-corrected chi connectivity index (χ4v) is 2.00. The standard InChI is InChI=1S/C15H16ClNO2/c1-3-11-8-13(4-5-14(11)16)19-15-9-12(10(2)18)6-7-17-15/h4-10,18H,3H2,1-2H3/t10-/m0/s1. The van der Waals surface area contributed by atoms with Crippen molar-refractivity contribution in [1.29, 1.82) is 0 Å². The lowest BCUT2D eigenvalue weighted by Gasteiger charge is -2.09. The third-order valence-corrected chi connectivity index (χ3v) is 3.23. The van der Waals surface area contributed by atoms with Gasteiger partial charge < -0.3 is 9.84 Å². The summed E-state index contributed by atoms with van der Waals surface area (Å²) in [4.78, 5) is 4.13. The van der Waals surface area contributed by atoms with E-state index in [0.29, 0.717) is 11.6 Å². The highest BCUT2D eigenvalue weighted by molar-refractivity contribution is 6.31. The van der Waals surface area contributed by atoms with Gasteiger partial charge in [-0.05, 0) is 48.7 Å². The van der Waals surface area contributed by atoms with Crippen molar-refractivity contribution in [3.8, 4) is 11.6 Å². The summed E-state index contributed by atoms with van der Waals surface area (Å²) in [5, 5.41) is 10.3. The molecule has 1 atom stereocenters. The number of benzene rings is 1. The van der Waals surface area contributed by atoms with Crippen LogP contribution < -0.4 is 4.74 Å². The lowest BCUT2D eigenvalue weighted by molar-refractivity contribution is 0.198. The molecule has 0 aliphatic heterocycles. The van der Waals surface area contributed by atoms with E-state index in [0.717, 1.165) is 22.6 Å². The van der Waals surface area contributed by atoms with Crippen LogP contribution in [0, 0.1) is 0 Å². The summed E-state index contributed by atoms with van der Waals surface area (Å²) >= 11 is 6.06. The summed E-state index contributed by atoms with van der Waals surface area (Å²) in [6, 6.07) is 9.01. The van der Waals surface area contributed by atoms with Gasteiger partial charge in [0.1, 0.15) is 5.75 Å². The van der Waals surface area contributed by atoms with Crippen LogP contribution in [-0.4, -0.2) is 10.1 Å². The zero-order valence-corrected chi connectivity index (χ0v) is 11.7. The molecule has 2 aromatic rings. The minimum absolute atomic E-state index is 0.461. The third-order valence-electron chi connectivity index (χ3n) is 2.86. The van der Waals surface area contributed by atoms with Gasteiger partial charge >= 0.3 is 0 Å². The highest BCUT2D eigenvalue weighted by Crippen LogP contribution is 2.26. The van der Waals surface area contributed by atoms with Crippen LogP contribution in [0.4, 0.5) is 0 Å². The number of hydrogen-bond acceptors (Lipinski definition) is 3. The summed E-state index contributed by atoms with van der Waals surface area (Å²) < 4.78 is 5.69. The molecule has 0 spiro atoms. The quantitative estimate of drug-likeness (QED) is 0.913. The first-order chi connectivity index (χ1) is 9.10. The Balaban J connectivity index is 2.23. The topological polar surface area (TPSA) is 42.4 Å². The molecule has 1 aromatic heterocycles. The van der Waals surface area contributed by atoms with E-state index >= 15 is 0 Å². The third kappa shape index (κ3) is 3.46. The van der Waals surface area contributed by atoms with Crippen molar-refractivity contribution in [3.05, 3.63) is 52.7 Å². The highest BCUT2D eigenvalue weighted by Gasteiger charge is 2.06. The van der Waals surface area contributed by atoms with Crippen molar-refractivity contribution in [2.75, 3.05) is 0 Å². The number of halogens is 1. The Bertz CT molecular complexity index is 570. The van der Waals surface area contributed by atoms with Crippen LogP contribution >= 0.6 is 11.6 Å². The van der Waals surface area contributed by atoms with E-state index in [1.54, 1.807) is 31.3 Å². The maximum Gasteiger partial charge on any atom is 0.219 e. The Morgan fingerprint density at radius 2 is 2.11 bits per heavy atom. The number of nitrogens with zero attached hydrogens (tertiary/aromatic N) is 1. The molecule has 3 nitrogen and oxygen atoms in total. The van der Waals surface area contributed by atoms with Gasteiger partial charge in [-0.3, -0.25) is 0 Å². The van der Waals surface area contributed by atoms with Gasteiger partial charge in [0.05, 0.1) is 6.10 Å². The molecular weight excluding hydrogens is 262 g/mol. The molecule has 0 saturated carbocycles. The molecule has 1 heterocycles. The average molecular weight is 278 g/mol. The predicted molar refractivity (Wildman–Crippen MR) is 75.8 cm³/mol. The summed E-state index contributed by atoms with van der Waals surface area (Å²) in [6.07, 6.45) is 1.92. The van der Waals surface area contributed by atoms with Gasteiger partial charge in [-0.2, -0.15) is 0 Å². The van der Waals surface area contributed by atoms with E-state index < -0.39 is 6.10 Å². The van der Waals surface area contributed by atoms with E-state index in [2.05, 4.69) is 4.98 Å². The maximum absolute atomic E-state index is 9.53. The van der Waals surface area contributed by atoms with Crippen molar-refractivity contribution < 1.29 is 9.84 Å². The average Bonchev–Trinajstić information content (AvgIpc) is 2.41. The van der Waals surface area contributed by atoms with Gasteiger partial charge in [0.15, 0.2) is 0 Å². The summed E-state index contributed by atoms with van der Waals surface area (Å²) in [6.45, 7) is 3.74. The molecule has 0 aliphatic rings. The van der Waals surface area contributed by atoms with Gasteiger partial charge in [0.25, 0.3) is 0 Å². The van der Waals surface area contributed by atoms with Crippen LogP contribution in [-0.2, 0) is 6.42 Å². The Kier molecular flexibility index (Phi) is 4.40. The molecule has 4 heteroatoms. The second kappa shape index (κ2) is 6.04. The highest BCUT2D eigenvalue weighted by atomic mass is 35.5. The van der Waals surface area contributed by atoms with Gasteiger partial charge in [-0.25, -0.2) is 4.98 Å². The molecule has 0 fully saturated rings. The smallest absolute Gasteiger partial charge is 0.219 e. The van der Waals surface area contributed by atoms with E-state index in [-0.39, 0.29) is 0 Å². The van der Waals surface area contributed by atoms with E-state index in [1.807, 2.05) is 19.1 Å². The molecule has 0 saturated heterocycles. The van der Waals surface area contributed by atoms with Crippen LogP contribution in [0.3, 0.4) is 0 Å². The Labute approximate surface area is 117 Å². The monoisotopic (exact) mass is 277 g/mol. The van der Waals surface area contributed by atoms with Gasteiger partial charge in [0, 0.05) is 17.3 Å². The first-order valence-electron chi connectivity index (χ1n) is 6.20. The minimum Gasteiger partial charge on any atom is -0.439 e. The van der Waals surface area contributed by atoms with Gasteiger partial charge in [-0.1, -0.05) is 18.5 Å². The molecule has 1 N–H and O–H groups in total. The molecule has 0 amide bonds. The molecule has 100 valence electrons. The van der Waals surface area contributed by atoms with Crippen LogP contribution in [0.2, 0.25) is 5.02 Å². The molecule has 1 aromatic carbocycles. The summed E-state index contributed by atoms with van der Waals surface area (Å²) in [5.41, 5.74) is 1.81. The van der Waals surface area contributed by atoms with E-state index in [9.17, 15) is 5.11 Å². The number of aliphatic hydroxyl groups excluding tert-OH is 1. The lowest BCUT2D eigenvalue weighted by Crippen LogP contribution is -1.94. The number of aromatic nitrogens is 1. The molecule has 0 bridgehead atoms. The minimum atomic E-state index is -0.540. The molecule has 0 radical (unpaired) electrons. The Hall–Kier alpha value is -1.58. The zero-order chi connectivity index (χ0) is 13.8. The van der Waals surface area contributed by atoms with Crippen LogP contribution in [0.5, 0.6) is 11.6 Å². The van der Waals surface area contributed by atoms with E-state index in [1.165, 1.54) is 0 Å². The number of aliphatic hydroxyl groups is 1. The second-order valence-corrected chi connectivity index (χ2v) is 4.72. The summed E-state index contributed by atoms with van der Waals surface area (Å²) in [5.74, 6) is 1.15. The first kappa shape index (κ1) is 13.8. The maximum atomic E-state index is 9.53. The SMILES string of the molecule is CCc1cc(Oc2cc([C@H](C)O)ccn2)ccc1Cl. The van der Waals surface area contributed by atoms with Crippen molar-refractivity contribution in [2.24, 2.45) is 0 Å². The van der Waals surface area contributed by atoms with Gasteiger partial charge in [0.2, 0.25) is 5.88 Å². The fraction of sp³-hybridized carbons (Fsp3) is 0.267. The summed E-state index contributed by atoms with van der Waals surface area (Å²) in [7, 11) is 0. The van der Waals surface area contributed by atoms with Crippen LogP contribution in [0.15, 0.2) is 36.5 Å². The number of hydrogen-bond donors (Lipinski definition) is 1. The Morgan fingerprint density at radius 3 is 2.79 bits per heavy atom. The van der Waals surface area contributed by atoms with Gasteiger partial charge in [-0.15, -0.1) is 0 Å². The number of ether oxygens (including phenoxy) is 1. The molecule has 2 rings (SSSR count). The number of aryl methyl sites for hydroxylation is 1. The normalized spacial score (nSPS) is 12.2. The second-order valence-electron chi connectivity index (χ2n) is 4.31. The lowest BCUT2D eigenvalue weighted by atomic mass is 10.1. The van der Waals surface area contributed by atoms with Crippen molar-refractivity contribution >= 4 is 11.6 Å². The predicted octanol–water partition coefficient (Wildman–Crippen LogP) is 4.14. The van der Waals surface area contributed by atoms with Crippen LogP contribution in [0.1, 0.15) is 31.1 Å². The van der Waals surface area contributed by atoms with Crippen LogP contribution in [0.25, 0.3) is 0 Å². The van der Waals surface area contributed by atoms with Crippen molar-refractivity contribution in [2.45, 2.75) is 26.4 Å². The zero-order valence-electron chi connectivity index (χ0n) is 10.9. The van der Waals surface area contributed by atoms with E-state index in [4.69, 9.17) is 16.3 Å². The van der Waals surface area contributed by atoms with Crippen molar-refractivity contribution in [3.63, 3.8) is 0 Å².